The van der Waals surface area contributed by atoms with E-state index in [0.717, 1.165) is 10.6 Å². The standard InChI is InChI=1S/C16H15BrFNO4S/c1-19(24(2,21)22)15-6-4-3-5-13(15)16(20)23-10-11-7-8-12(18)9-14(11)17/h3-9H,10H2,1-2H3. The van der Waals surface area contributed by atoms with Crippen LogP contribution < -0.4 is 4.31 Å². The van der Waals surface area contributed by atoms with Crippen LogP contribution in [-0.2, 0) is 21.4 Å². The van der Waals surface area contributed by atoms with Gasteiger partial charge in [0.15, 0.2) is 0 Å². The number of ether oxygens (including phenoxy) is 1. The van der Waals surface area contributed by atoms with Crippen molar-refractivity contribution in [2.75, 3.05) is 17.6 Å². The van der Waals surface area contributed by atoms with E-state index in [9.17, 15) is 17.6 Å². The van der Waals surface area contributed by atoms with Crippen LogP contribution in [0.15, 0.2) is 46.9 Å². The highest BCUT2D eigenvalue weighted by molar-refractivity contribution is 9.10. The van der Waals surface area contributed by atoms with Gasteiger partial charge in [-0.2, -0.15) is 0 Å². The summed E-state index contributed by atoms with van der Waals surface area (Å²) in [6, 6.07) is 10.3. The third-order valence-corrected chi connectivity index (χ3v) is 5.26. The van der Waals surface area contributed by atoms with Crippen molar-refractivity contribution in [3.05, 3.63) is 63.9 Å². The van der Waals surface area contributed by atoms with E-state index >= 15 is 0 Å². The largest absolute Gasteiger partial charge is 0.457 e. The zero-order valence-corrected chi connectivity index (χ0v) is 15.4. The van der Waals surface area contributed by atoms with Crippen LogP contribution in [0.25, 0.3) is 0 Å². The van der Waals surface area contributed by atoms with Crippen molar-refractivity contribution in [3.63, 3.8) is 0 Å². The summed E-state index contributed by atoms with van der Waals surface area (Å²) in [5.74, 6) is -1.07. The van der Waals surface area contributed by atoms with Gasteiger partial charge >= 0.3 is 5.97 Å². The number of anilines is 1. The number of esters is 1. The number of hydrogen-bond acceptors (Lipinski definition) is 4. The number of benzene rings is 2. The lowest BCUT2D eigenvalue weighted by Gasteiger charge is -2.19. The molecule has 0 heterocycles. The Morgan fingerprint density at radius 3 is 2.54 bits per heavy atom. The van der Waals surface area contributed by atoms with E-state index < -0.39 is 21.8 Å². The third kappa shape index (κ3) is 4.33. The fraction of sp³-hybridized carbons (Fsp3) is 0.188. The summed E-state index contributed by atoms with van der Waals surface area (Å²) in [5, 5.41) is 0. The first-order valence-corrected chi connectivity index (χ1v) is 9.48. The van der Waals surface area contributed by atoms with E-state index in [4.69, 9.17) is 4.74 Å². The van der Waals surface area contributed by atoms with Crippen LogP contribution in [0.4, 0.5) is 10.1 Å². The van der Waals surface area contributed by atoms with E-state index in [1.807, 2.05) is 0 Å². The normalized spacial score (nSPS) is 11.2. The number of halogens is 2. The molecule has 2 rings (SSSR count). The molecule has 0 aliphatic carbocycles. The van der Waals surface area contributed by atoms with Crippen molar-refractivity contribution in [2.45, 2.75) is 6.61 Å². The smallest absolute Gasteiger partial charge is 0.340 e. The second-order valence-electron chi connectivity index (χ2n) is 5.06. The zero-order chi connectivity index (χ0) is 17.9. The quantitative estimate of drug-likeness (QED) is 0.702. The van der Waals surface area contributed by atoms with Crippen molar-refractivity contribution in [1.82, 2.24) is 0 Å². The Hall–Kier alpha value is -1.93. The Morgan fingerprint density at radius 1 is 1.25 bits per heavy atom. The minimum Gasteiger partial charge on any atom is -0.457 e. The van der Waals surface area contributed by atoms with E-state index in [1.165, 1.54) is 37.4 Å². The molecule has 0 spiro atoms. The number of carbonyl (C=O) groups excluding carboxylic acids is 1. The van der Waals surface area contributed by atoms with Gasteiger partial charge in [0.1, 0.15) is 12.4 Å². The van der Waals surface area contributed by atoms with E-state index in [0.29, 0.717) is 10.0 Å². The summed E-state index contributed by atoms with van der Waals surface area (Å²) in [6.45, 7) is -0.0728. The number of nitrogens with zero attached hydrogens (tertiary/aromatic N) is 1. The molecule has 0 fully saturated rings. The summed E-state index contributed by atoms with van der Waals surface area (Å²) >= 11 is 3.20. The fourth-order valence-electron chi connectivity index (χ4n) is 1.96. The molecule has 0 aliphatic rings. The van der Waals surface area contributed by atoms with Gasteiger partial charge in [-0.3, -0.25) is 4.31 Å². The minimum absolute atomic E-state index is 0.0728. The number of sulfonamides is 1. The summed E-state index contributed by atoms with van der Waals surface area (Å²) in [5.41, 5.74) is 0.950. The van der Waals surface area contributed by atoms with Crippen molar-refractivity contribution >= 4 is 37.6 Å². The molecule has 0 atom stereocenters. The molecule has 0 unspecified atom stereocenters. The lowest BCUT2D eigenvalue weighted by Crippen LogP contribution is -2.26. The molecule has 128 valence electrons. The molecule has 24 heavy (non-hydrogen) atoms. The van der Waals surface area contributed by atoms with Gasteiger partial charge < -0.3 is 4.74 Å². The first kappa shape index (κ1) is 18.4. The van der Waals surface area contributed by atoms with Crippen LogP contribution in [0.1, 0.15) is 15.9 Å². The van der Waals surface area contributed by atoms with Gasteiger partial charge in [0.2, 0.25) is 10.0 Å². The molecule has 0 saturated carbocycles. The molecule has 0 amide bonds. The van der Waals surface area contributed by atoms with E-state index in [2.05, 4.69) is 15.9 Å². The van der Waals surface area contributed by atoms with Gasteiger partial charge in [0.05, 0.1) is 17.5 Å². The number of rotatable bonds is 5. The summed E-state index contributed by atoms with van der Waals surface area (Å²) in [7, 11) is -2.15. The first-order valence-electron chi connectivity index (χ1n) is 6.84. The predicted molar refractivity (Wildman–Crippen MR) is 92.9 cm³/mol. The highest BCUT2D eigenvalue weighted by atomic mass is 79.9. The average molecular weight is 416 g/mol. The van der Waals surface area contributed by atoms with Crippen LogP contribution in [0, 0.1) is 5.82 Å². The second-order valence-corrected chi connectivity index (χ2v) is 7.93. The molecule has 5 nitrogen and oxygen atoms in total. The lowest BCUT2D eigenvalue weighted by molar-refractivity contribution is 0.0473. The molecular formula is C16H15BrFNO4S. The molecule has 0 saturated heterocycles. The molecule has 8 heteroatoms. The predicted octanol–water partition coefficient (Wildman–Crippen LogP) is 3.34. The lowest BCUT2D eigenvalue weighted by atomic mass is 10.2. The van der Waals surface area contributed by atoms with Crippen molar-refractivity contribution < 1.29 is 22.3 Å². The maximum Gasteiger partial charge on any atom is 0.340 e. The molecule has 0 radical (unpaired) electrons. The molecular weight excluding hydrogens is 401 g/mol. The van der Waals surface area contributed by atoms with Gasteiger partial charge in [0.25, 0.3) is 0 Å². The van der Waals surface area contributed by atoms with Crippen LogP contribution >= 0.6 is 15.9 Å². The van der Waals surface area contributed by atoms with Crippen molar-refractivity contribution in [1.29, 1.82) is 0 Å². The molecule has 0 aliphatic heterocycles. The summed E-state index contributed by atoms with van der Waals surface area (Å²) < 4.78 is 43.2. The average Bonchev–Trinajstić information content (AvgIpc) is 2.52. The number of carbonyl (C=O) groups is 1. The topological polar surface area (TPSA) is 63.7 Å². The summed E-state index contributed by atoms with van der Waals surface area (Å²) in [4.78, 5) is 12.3. The molecule has 0 aromatic heterocycles. The Balaban J connectivity index is 2.22. The fourth-order valence-corrected chi connectivity index (χ4v) is 2.94. The van der Waals surface area contributed by atoms with Crippen LogP contribution in [0.3, 0.4) is 0 Å². The van der Waals surface area contributed by atoms with Gasteiger partial charge in [-0.1, -0.05) is 34.1 Å². The Bertz CT molecular complexity index is 870. The highest BCUT2D eigenvalue weighted by Crippen LogP contribution is 2.24. The minimum atomic E-state index is -3.51. The van der Waals surface area contributed by atoms with Crippen molar-refractivity contribution in [2.24, 2.45) is 0 Å². The molecule has 0 bridgehead atoms. The monoisotopic (exact) mass is 415 g/mol. The zero-order valence-electron chi connectivity index (χ0n) is 13.0. The Morgan fingerprint density at radius 2 is 1.92 bits per heavy atom. The van der Waals surface area contributed by atoms with Gasteiger partial charge in [-0.25, -0.2) is 17.6 Å². The maximum absolute atomic E-state index is 13.1. The second kappa shape index (κ2) is 7.31. The van der Waals surface area contributed by atoms with E-state index in [1.54, 1.807) is 12.1 Å². The Kier molecular flexibility index (Phi) is 5.61. The van der Waals surface area contributed by atoms with Crippen LogP contribution in [-0.4, -0.2) is 27.7 Å². The maximum atomic E-state index is 13.1. The Labute approximate surface area is 148 Å². The van der Waals surface area contributed by atoms with E-state index in [-0.39, 0.29) is 17.9 Å². The van der Waals surface area contributed by atoms with Gasteiger partial charge in [-0.05, 0) is 24.3 Å². The van der Waals surface area contributed by atoms with Crippen LogP contribution in [0.2, 0.25) is 0 Å². The summed E-state index contributed by atoms with van der Waals surface area (Å²) in [6.07, 6.45) is 1.05. The number of para-hydroxylation sites is 1. The third-order valence-electron chi connectivity index (χ3n) is 3.33. The molecule has 2 aromatic carbocycles. The van der Waals surface area contributed by atoms with Gasteiger partial charge in [-0.15, -0.1) is 0 Å². The first-order chi connectivity index (χ1) is 11.2. The van der Waals surface area contributed by atoms with Crippen molar-refractivity contribution in [3.8, 4) is 0 Å². The molecule has 2 aromatic rings. The SMILES string of the molecule is CN(c1ccccc1C(=O)OCc1ccc(F)cc1Br)S(C)(=O)=O. The van der Waals surface area contributed by atoms with Gasteiger partial charge in [0, 0.05) is 17.1 Å². The van der Waals surface area contributed by atoms with Crippen LogP contribution in [0.5, 0.6) is 0 Å². The highest BCUT2D eigenvalue weighted by Gasteiger charge is 2.20. The molecule has 0 N–H and O–H groups in total. The number of hydrogen-bond donors (Lipinski definition) is 0.